The summed E-state index contributed by atoms with van der Waals surface area (Å²) in [6.07, 6.45) is 3.22. The number of carbonyl (C=O) groups is 2. The Morgan fingerprint density at radius 1 is 1.21 bits per heavy atom. The predicted octanol–water partition coefficient (Wildman–Crippen LogP) is 2.68. The number of hydrogen-bond donors (Lipinski definition) is 1. The smallest absolute Gasteiger partial charge is 0.231 e. The number of piperidine rings is 1. The highest BCUT2D eigenvalue weighted by Gasteiger charge is 2.36. The number of nitrogens with zero attached hydrogens (tertiary/aromatic N) is 2. The number of nitrogens with one attached hydrogen (secondary N) is 1. The van der Waals surface area contributed by atoms with Crippen LogP contribution in [0.4, 0.5) is 5.13 Å². The second-order valence-electron chi connectivity index (χ2n) is 6.89. The molecule has 2 aromatic rings. The molecule has 1 unspecified atom stereocenters. The molecular formula is C19H23N3O4S2. The largest absolute Gasteiger partial charge is 0.348 e. The molecule has 1 N–H and O–H groups in total. The summed E-state index contributed by atoms with van der Waals surface area (Å²) < 4.78 is 11.3. The summed E-state index contributed by atoms with van der Waals surface area (Å²) in [4.78, 5) is 32.3. The van der Waals surface area contributed by atoms with Gasteiger partial charge in [-0.2, -0.15) is 0 Å². The molecule has 0 bridgehead atoms. The SMILES string of the molecule is O=C(Cc1cccs1)Nc1nc(CC(=O)N2CCCCC2C2OCCO2)cs1. The minimum Gasteiger partial charge on any atom is -0.348 e. The summed E-state index contributed by atoms with van der Waals surface area (Å²) in [6, 6.07) is 3.84. The molecule has 9 heteroatoms. The monoisotopic (exact) mass is 421 g/mol. The van der Waals surface area contributed by atoms with Crippen LogP contribution in [-0.2, 0) is 31.9 Å². The maximum absolute atomic E-state index is 12.9. The van der Waals surface area contributed by atoms with Crippen LogP contribution in [-0.4, -0.2) is 53.8 Å². The Kier molecular flexibility index (Phi) is 6.36. The minimum absolute atomic E-state index is 0.0210. The third kappa shape index (κ3) is 4.78. The van der Waals surface area contributed by atoms with Crippen molar-refractivity contribution >= 4 is 39.6 Å². The van der Waals surface area contributed by atoms with Gasteiger partial charge in [-0.05, 0) is 30.7 Å². The van der Waals surface area contributed by atoms with Crippen LogP contribution in [0.2, 0.25) is 0 Å². The normalized spacial score (nSPS) is 20.4. The van der Waals surface area contributed by atoms with Crippen molar-refractivity contribution in [1.29, 1.82) is 0 Å². The van der Waals surface area contributed by atoms with Gasteiger partial charge in [0.05, 0.1) is 37.8 Å². The van der Waals surface area contributed by atoms with Gasteiger partial charge in [-0.15, -0.1) is 22.7 Å². The fourth-order valence-corrected chi connectivity index (χ4v) is 5.02. The second kappa shape index (κ2) is 9.13. The standard InChI is InChI=1S/C19H23N3O4S2/c23-16(11-14-4-3-9-27-14)21-19-20-13(12-28-19)10-17(24)22-6-2-1-5-15(22)18-25-7-8-26-18/h3-4,9,12,15,18H,1-2,5-8,10-11H2,(H,20,21,23). The molecule has 7 nitrogen and oxygen atoms in total. The zero-order chi connectivity index (χ0) is 19.3. The second-order valence-corrected chi connectivity index (χ2v) is 8.78. The van der Waals surface area contributed by atoms with Gasteiger partial charge in [0, 0.05) is 16.8 Å². The van der Waals surface area contributed by atoms with Crippen molar-refractivity contribution in [3.63, 3.8) is 0 Å². The zero-order valence-electron chi connectivity index (χ0n) is 15.5. The molecule has 2 fully saturated rings. The first-order valence-corrected chi connectivity index (χ1v) is 11.2. The Bertz CT molecular complexity index is 802. The highest BCUT2D eigenvalue weighted by molar-refractivity contribution is 7.14. The topological polar surface area (TPSA) is 80.8 Å². The Balaban J connectivity index is 1.33. The number of anilines is 1. The number of thiazole rings is 1. The van der Waals surface area contributed by atoms with E-state index in [1.54, 1.807) is 11.3 Å². The predicted molar refractivity (Wildman–Crippen MR) is 108 cm³/mol. The molecule has 2 aromatic heterocycles. The van der Waals surface area contributed by atoms with Gasteiger partial charge in [0.1, 0.15) is 0 Å². The van der Waals surface area contributed by atoms with Gasteiger partial charge in [0.15, 0.2) is 11.4 Å². The van der Waals surface area contributed by atoms with Gasteiger partial charge in [-0.25, -0.2) is 4.98 Å². The fraction of sp³-hybridized carbons (Fsp3) is 0.526. The average Bonchev–Trinajstić information content (AvgIpc) is 3.45. The van der Waals surface area contributed by atoms with Crippen LogP contribution in [0.1, 0.15) is 29.8 Å². The van der Waals surface area contributed by atoms with Crippen LogP contribution < -0.4 is 5.32 Å². The number of rotatable bonds is 6. The van der Waals surface area contributed by atoms with Crippen molar-refractivity contribution in [3.8, 4) is 0 Å². The molecule has 2 amide bonds. The van der Waals surface area contributed by atoms with E-state index < -0.39 is 0 Å². The molecule has 28 heavy (non-hydrogen) atoms. The summed E-state index contributed by atoms with van der Waals surface area (Å²) in [5.74, 6) is -0.0631. The van der Waals surface area contributed by atoms with Crippen molar-refractivity contribution in [3.05, 3.63) is 33.5 Å². The van der Waals surface area contributed by atoms with Crippen molar-refractivity contribution in [2.75, 3.05) is 25.1 Å². The fourth-order valence-electron chi connectivity index (χ4n) is 3.59. The third-order valence-corrected chi connectivity index (χ3v) is 6.56. The molecule has 0 saturated carbocycles. The van der Waals surface area contributed by atoms with E-state index in [2.05, 4.69) is 10.3 Å². The first-order chi connectivity index (χ1) is 13.7. The van der Waals surface area contributed by atoms with Crippen molar-refractivity contribution in [2.45, 2.75) is 44.4 Å². The maximum atomic E-state index is 12.9. The van der Waals surface area contributed by atoms with E-state index in [-0.39, 0.29) is 30.6 Å². The van der Waals surface area contributed by atoms with Gasteiger partial charge in [-0.3, -0.25) is 9.59 Å². The summed E-state index contributed by atoms with van der Waals surface area (Å²) in [6.45, 7) is 1.90. The quantitative estimate of drug-likeness (QED) is 0.776. The molecule has 0 spiro atoms. The molecule has 1 atom stereocenters. The van der Waals surface area contributed by atoms with E-state index in [1.807, 2.05) is 27.8 Å². The lowest BCUT2D eigenvalue weighted by Gasteiger charge is -2.38. The Labute approximate surface area is 171 Å². The summed E-state index contributed by atoms with van der Waals surface area (Å²) in [5, 5.41) is 7.13. The first-order valence-electron chi connectivity index (χ1n) is 9.48. The van der Waals surface area contributed by atoms with Crippen LogP contribution in [0.15, 0.2) is 22.9 Å². The molecule has 0 aliphatic carbocycles. The highest BCUT2D eigenvalue weighted by Crippen LogP contribution is 2.26. The van der Waals surface area contributed by atoms with Crippen LogP contribution >= 0.6 is 22.7 Å². The zero-order valence-corrected chi connectivity index (χ0v) is 17.1. The maximum Gasteiger partial charge on any atom is 0.231 e. The number of thiophene rings is 1. The molecule has 2 saturated heterocycles. The van der Waals surface area contributed by atoms with Crippen LogP contribution in [0, 0.1) is 0 Å². The molecule has 4 rings (SSSR count). The summed E-state index contributed by atoms with van der Waals surface area (Å²) >= 11 is 2.90. The lowest BCUT2D eigenvalue weighted by atomic mass is 10.0. The number of amides is 2. The molecule has 0 radical (unpaired) electrons. The lowest BCUT2D eigenvalue weighted by Crippen LogP contribution is -2.50. The highest BCUT2D eigenvalue weighted by atomic mass is 32.1. The van der Waals surface area contributed by atoms with Gasteiger partial charge >= 0.3 is 0 Å². The van der Waals surface area contributed by atoms with Crippen molar-refractivity contribution < 1.29 is 19.1 Å². The van der Waals surface area contributed by atoms with Gasteiger partial charge in [0.25, 0.3) is 0 Å². The Hall–Kier alpha value is -1.81. The van der Waals surface area contributed by atoms with E-state index in [9.17, 15) is 9.59 Å². The van der Waals surface area contributed by atoms with Gasteiger partial charge in [0.2, 0.25) is 11.8 Å². The molecule has 150 valence electrons. The third-order valence-electron chi connectivity index (χ3n) is 4.88. The Morgan fingerprint density at radius 3 is 2.86 bits per heavy atom. The molecule has 4 heterocycles. The van der Waals surface area contributed by atoms with Crippen molar-refractivity contribution in [1.82, 2.24) is 9.88 Å². The molecular weight excluding hydrogens is 398 g/mol. The summed E-state index contributed by atoms with van der Waals surface area (Å²) in [7, 11) is 0. The number of carbonyl (C=O) groups excluding carboxylic acids is 2. The van der Waals surface area contributed by atoms with Crippen LogP contribution in [0.5, 0.6) is 0 Å². The van der Waals surface area contributed by atoms with Crippen LogP contribution in [0.3, 0.4) is 0 Å². The van der Waals surface area contributed by atoms with E-state index in [0.717, 1.165) is 30.7 Å². The minimum atomic E-state index is -0.313. The molecule has 2 aliphatic heterocycles. The van der Waals surface area contributed by atoms with E-state index >= 15 is 0 Å². The van der Waals surface area contributed by atoms with Crippen LogP contribution in [0.25, 0.3) is 0 Å². The number of ether oxygens (including phenoxy) is 2. The number of hydrogen-bond acceptors (Lipinski definition) is 7. The van der Waals surface area contributed by atoms with Crippen molar-refractivity contribution in [2.24, 2.45) is 0 Å². The molecule has 2 aliphatic rings. The van der Waals surface area contributed by atoms with Gasteiger partial charge in [-0.1, -0.05) is 6.07 Å². The average molecular weight is 422 g/mol. The van der Waals surface area contributed by atoms with E-state index in [1.165, 1.54) is 11.3 Å². The lowest BCUT2D eigenvalue weighted by molar-refractivity contribution is -0.150. The molecule has 0 aromatic carbocycles. The van der Waals surface area contributed by atoms with E-state index in [4.69, 9.17) is 9.47 Å². The summed E-state index contributed by atoms with van der Waals surface area (Å²) in [5.41, 5.74) is 0.680. The van der Waals surface area contributed by atoms with Gasteiger partial charge < -0.3 is 19.7 Å². The first kappa shape index (κ1) is 19.5. The van der Waals surface area contributed by atoms with E-state index in [0.29, 0.717) is 30.5 Å². The Morgan fingerprint density at radius 2 is 2.07 bits per heavy atom. The number of aromatic nitrogens is 1. The number of likely N-dealkylation sites (tertiary alicyclic amines) is 1.